The van der Waals surface area contributed by atoms with Gasteiger partial charge in [-0.2, -0.15) is 0 Å². The molecule has 0 heterocycles. The van der Waals surface area contributed by atoms with E-state index in [0.29, 0.717) is 12.1 Å². The molecular formula is C23H29FN4O. The van der Waals surface area contributed by atoms with Crippen molar-refractivity contribution in [2.75, 3.05) is 34.2 Å². The van der Waals surface area contributed by atoms with Gasteiger partial charge < -0.3 is 15.5 Å². The molecule has 0 atom stereocenters. The van der Waals surface area contributed by atoms with Crippen molar-refractivity contribution in [3.8, 4) is 0 Å². The summed E-state index contributed by atoms with van der Waals surface area (Å²) in [5.74, 6) is 0.554. The fraction of sp³-hybridized carbons (Fsp3) is 0.391. The summed E-state index contributed by atoms with van der Waals surface area (Å²) < 4.78 is 13.2. The summed E-state index contributed by atoms with van der Waals surface area (Å²) in [6, 6.07) is 14.5. The van der Waals surface area contributed by atoms with Gasteiger partial charge in [0.25, 0.3) is 5.91 Å². The molecule has 2 aromatic rings. The second-order valence-corrected chi connectivity index (χ2v) is 7.79. The van der Waals surface area contributed by atoms with Crippen molar-refractivity contribution in [1.82, 2.24) is 15.5 Å². The molecular weight excluding hydrogens is 367 g/mol. The first kappa shape index (κ1) is 20.8. The largest absolute Gasteiger partial charge is 0.356 e. The number of amides is 1. The Hall–Kier alpha value is -2.89. The van der Waals surface area contributed by atoms with Crippen molar-refractivity contribution in [3.63, 3.8) is 0 Å². The van der Waals surface area contributed by atoms with Crippen molar-refractivity contribution >= 4 is 11.9 Å². The summed E-state index contributed by atoms with van der Waals surface area (Å²) >= 11 is 0. The Morgan fingerprint density at radius 2 is 1.86 bits per heavy atom. The SMILES string of the molecule is CN=C(NCCc1cccc(C(=O)N(C)C)c1)NCC1(c2ccc(F)cc2)CC1. The Balaban J connectivity index is 1.50. The zero-order chi connectivity index (χ0) is 20.9. The van der Waals surface area contributed by atoms with Crippen molar-refractivity contribution in [2.45, 2.75) is 24.7 Å². The standard InChI is InChI=1S/C23H29FN4O/c1-25-22(27-16-23(12-13-23)19-7-9-20(24)10-8-19)26-14-11-17-5-4-6-18(15-17)21(29)28(2)3/h4-10,15H,11-14,16H2,1-3H3,(H2,25,26,27). The van der Waals surface area contributed by atoms with Gasteiger partial charge in [-0.3, -0.25) is 9.79 Å². The van der Waals surface area contributed by atoms with E-state index in [4.69, 9.17) is 0 Å². The zero-order valence-corrected chi connectivity index (χ0v) is 17.3. The highest BCUT2D eigenvalue weighted by molar-refractivity contribution is 5.94. The highest BCUT2D eigenvalue weighted by Gasteiger charge is 2.44. The zero-order valence-electron chi connectivity index (χ0n) is 17.3. The molecule has 3 rings (SSSR count). The average Bonchev–Trinajstić information content (AvgIpc) is 3.51. The maximum absolute atomic E-state index is 13.2. The lowest BCUT2D eigenvalue weighted by molar-refractivity contribution is 0.0827. The fourth-order valence-corrected chi connectivity index (χ4v) is 3.44. The molecule has 0 spiro atoms. The van der Waals surface area contributed by atoms with Gasteiger partial charge in [0.15, 0.2) is 5.96 Å². The van der Waals surface area contributed by atoms with Crippen LogP contribution >= 0.6 is 0 Å². The number of carbonyl (C=O) groups is 1. The second-order valence-electron chi connectivity index (χ2n) is 7.79. The van der Waals surface area contributed by atoms with Crippen molar-refractivity contribution in [3.05, 3.63) is 71.0 Å². The number of nitrogens with one attached hydrogen (secondary N) is 2. The molecule has 5 nitrogen and oxygen atoms in total. The predicted molar refractivity (Wildman–Crippen MR) is 115 cm³/mol. The Kier molecular flexibility index (Phi) is 6.52. The lowest BCUT2D eigenvalue weighted by Crippen LogP contribution is -2.42. The van der Waals surface area contributed by atoms with Gasteiger partial charge in [-0.1, -0.05) is 24.3 Å². The van der Waals surface area contributed by atoms with Gasteiger partial charge in [-0.15, -0.1) is 0 Å². The summed E-state index contributed by atoms with van der Waals surface area (Å²) in [4.78, 5) is 18.0. The number of nitrogens with zero attached hydrogens (tertiary/aromatic N) is 2. The molecule has 0 bridgehead atoms. The maximum atomic E-state index is 13.2. The summed E-state index contributed by atoms with van der Waals surface area (Å²) in [5, 5.41) is 6.73. The number of aliphatic imine (C=N–C) groups is 1. The Labute approximate surface area is 172 Å². The quantitative estimate of drug-likeness (QED) is 0.559. The third kappa shape index (κ3) is 5.34. The van der Waals surface area contributed by atoms with Crippen LogP contribution in [0.15, 0.2) is 53.5 Å². The van der Waals surface area contributed by atoms with E-state index in [0.717, 1.165) is 37.3 Å². The van der Waals surface area contributed by atoms with Gasteiger partial charge in [-0.05, 0) is 54.7 Å². The number of rotatable bonds is 7. The van der Waals surface area contributed by atoms with E-state index in [-0.39, 0.29) is 17.1 Å². The number of hydrogen-bond donors (Lipinski definition) is 2. The highest BCUT2D eigenvalue weighted by atomic mass is 19.1. The van der Waals surface area contributed by atoms with Gasteiger partial charge in [0, 0.05) is 45.2 Å². The molecule has 29 heavy (non-hydrogen) atoms. The first-order valence-electron chi connectivity index (χ1n) is 9.95. The molecule has 154 valence electrons. The van der Waals surface area contributed by atoms with Gasteiger partial charge in [0.2, 0.25) is 0 Å². The number of guanidine groups is 1. The van der Waals surface area contributed by atoms with Crippen LogP contribution in [0.3, 0.4) is 0 Å². The average molecular weight is 397 g/mol. The summed E-state index contributed by atoms with van der Waals surface area (Å²) in [7, 11) is 5.26. The molecule has 1 saturated carbocycles. The topological polar surface area (TPSA) is 56.7 Å². The molecule has 1 fully saturated rings. The smallest absolute Gasteiger partial charge is 0.253 e. The third-order valence-electron chi connectivity index (χ3n) is 5.41. The normalized spacial score (nSPS) is 15.0. The van der Waals surface area contributed by atoms with Crippen LogP contribution in [0.1, 0.15) is 34.3 Å². The number of benzene rings is 2. The molecule has 2 N–H and O–H groups in total. The second kappa shape index (κ2) is 9.07. The highest BCUT2D eigenvalue weighted by Crippen LogP contribution is 2.47. The number of carbonyl (C=O) groups excluding carboxylic acids is 1. The van der Waals surface area contributed by atoms with Crippen LogP contribution < -0.4 is 10.6 Å². The molecule has 0 aromatic heterocycles. The Morgan fingerprint density at radius 1 is 1.14 bits per heavy atom. The predicted octanol–water partition coefficient (Wildman–Crippen LogP) is 2.97. The van der Waals surface area contributed by atoms with Crippen LogP contribution in [-0.4, -0.2) is 51.0 Å². The summed E-state index contributed by atoms with van der Waals surface area (Å²) in [6.45, 7) is 1.48. The Bertz CT molecular complexity index is 873. The molecule has 2 aromatic carbocycles. The maximum Gasteiger partial charge on any atom is 0.253 e. The van der Waals surface area contributed by atoms with Crippen LogP contribution in [-0.2, 0) is 11.8 Å². The van der Waals surface area contributed by atoms with Crippen molar-refractivity contribution < 1.29 is 9.18 Å². The molecule has 6 heteroatoms. The van der Waals surface area contributed by atoms with E-state index in [9.17, 15) is 9.18 Å². The summed E-state index contributed by atoms with van der Waals surface area (Å²) in [6.07, 6.45) is 2.98. The van der Waals surface area contributed by atoms with E-state index in [1.54, 1.807) is 26.0 Å². The fourth-order valence-electron chi connectivity index (χ4n) is 3.44. The van der Waals surface area contributed by atoms with Crippen LogP contribution in [0.4, 0.5) is 4.39 Å². The van der Waals surface area contributed by atoms with Crippen LogP contribution in [0.25, 0.3) is 0 Å². The van der Waals surface area contributed by atoms with Crippen LogP contribution in [0, 0.1) is 5.82 Å². The molecule has 1 amide bonds. The van der Waals surface area contributed by atoms with Crippen LogP contribution in [0.2, 0.25) is 0 Å². The molecule has 1 aliphatic rings. The van der Waals surface area contributed by atoms with Crippen molar-refractivity contribution in [1.29, 1.82) is 0 Å². The molecule has 1 aliphatic carbocycles. The minimum atomic E-state index is -0.202. The lowest BCUT2D eigenvalue weighted by atomic mass is 9.96. The van der Waals surface area contributed by atoms with Gasteiger partial charge >= 0.3 is 0 Å². The Morgan fingerprint density at radius 3 is 2.48 bits per heavy atom. The molecule has 0 saturated heterocycles. The third-order valence-corrected chi connectivity index (χ3v) is 5.41. The minimum Gasteiger partial charge on any atom is -0.356 e. The van der Waals surface area contributed by atoms with Crippen LogP contribution in [0.5, 0.6) is 0 Å². The van der Waals surface area contributed by atoms with Gasteiger partial charge in [-0.25, -0.2) is 4.39 Å². The molecule has 0 radical (unpaired) electrons. The minimum absolute atomic E-state index is 0.00723. The van der Waals surface area contributed by atoms with Gasteiger partial charge in [0.1, 0.15) is 5.82 Å². The number of halogens is 1. The van der Waals surface area contributed by atoms with Gasteiger partial charge in [0.05, 0.1) is 0 Å². The molecule has 0 unspecified atom stereocenters. The van der Waals surface area contributed by atoms with E-state index >= 15 is 0 Å². The van der Waals surface area contributed by atoms with Crippen molar-refractivity contribution in [2.24, 2.45) is 4.99 Å². The first-order chi connectivity index (χ1) is 13.9. The van der Waals surface area contributed by atoms with E-state index < -0.39 is 0 Å². The molecule has 0 aliphatic heterocycles. The van der Waals surface area contributed by atoms with E-state index in [2.05, 4.69) is 15.6 Å². The number of hydrogen-bond acceptors (Lipinski definition) is 2. The first-order valence-corrected chi connectivity index (χ1v) is 9.95. The van der Waals surface area contributed by atoms with E-state index in [1.807, 2.05) is 36.4 Å². The monoisotopic (exact) mass is 396 g/mol. The lowest BCUT2D eigenvalue weighted by Gasteiger charge is -2.19. The summed E-state index contributed by atoms with van der Waals surface area (Å²) in [5.41, 5.74) is 3.05. The van der Waals surface area contributed by atoms with E-state index in [1.165, 1.54) is 17.7 Å².